The van der Waals surface area contributed by atoms with E-state index in [1.165, 1.54) is 0 Å². The Morgan fingerprint density at radius 3 is 1.47 bits per heavy atom. The molecule has 0 saturated carbocycles. The smallest absolute Gasteiger partial charge is 0.0400 e. The van der Waals surface area contributed by atoms with E-state index in [4.69, 9.17) is 11.5 Å². The summed E-state index contributed by atoms with van der Waals surface area (Å²) >= 11 is 0. The number of nitrogens with two attached hydrogens (primary N) is 2. The first-order valence-electron chi connectivity index (χ1n) is 10.7. The molecule has 0 fully saturated rings. The average molecular weight is 413 g/mol. The van der Waals surface area contributed by atoms with Gasteiger partial charge in [0.2, 0.25) is 0 Å². The molecule has 0 saturated heterocycles. The summed E-state index contributed by atoms with van der Waals surface area (Å²) in [5, 5.41) is 0. The highest BCUT2D eigenvalue weighted by atomic mass is 14.6. The van der Waals surface area contributed by atoms with Crippen molar-refractivity contribution in [2.75, 3.05) is 11.5 Å². The van der Waals surface area contributed by atoms with Crippen LogP contribution in [0.2, 0.25) is 0 Å². The van der Waals surface area contributed by atoms with Gasteiger partial charge in [0.25, 0.3) is 0 Å². The Hall–Kier alpha value is -4.30. The van der Waals surface area contributed by atoms with Gasteiger partial charge in [-0.2, -0.15) is 0 Å². The molecule has 154 valence electrons. The van der Waals surface area contributed by atoms with Crippen LogP contribution in [0.4, 0.5) is 11.4 Å². The van der Waals surface area contributed by atoms with E-state index < -0.39 is 0 Å². The predicted molar refractivity (Wildman–Crippen MR) is 137 cm³/mol. The highest BCUT2D eigenvalue weighted by molar-refractivity contribution is 6.02. The van der Waals surface area contributed by atoms with Crippen molar-refractivity contribution in [3.8, 4) is 44.5 Å². The van der Waals surface area contributed by atoms with Gasteiger partial charge >= 0.3 is 0 Å². The van der Waals surface area contributed by atoms with Gasteiger partial charge in [-0.25, -0.2) is 0 Å². The molecule has 2 heteroatoms. The van der Waals surface area contributed by atoms with Crippen molar-refractivity contribution in [1.29, 1.82) is 0 Å². The molecule has 5 rings (SSSR count). The van der Waals surface area contributed by atoms with Gasteiger partial charge in [0.15, 0.2) is 0 Å². The van der Waals surface area contributed by atoms with E-state index in [-0.39, 0.29) is 0 Å². The van der Waals surface area contributed by atoms with Gasteiger partial charge in [0.05, 0.1) is 0 Å². The first-order valence-corrected chi connectivity index (χ1v) is 10.7. The van der Waals surface area contributed by atoms with Crippen LogP contribution in [0.15, 0.2) is 121 Å². The van der Waals surface area contributed by atoms with Crippen LogP contribution in [-0.4, -0.2) is 0 Å². The molecule has 0 bridgehead atoms. The minimum Gasteiger partial charge on any atom is -0.399 e. The number of benzene rings is 5. The largest absolute Gasteiger partial charge is 0.399 e. The Labute approximate surface area is 188 Å². The lowest BCUT2D eigenvalue weighted by Gasteiger charge is -2.20. The van der Waals surface area contributed by atoms with E-state index in [2.05, 4.69) is 91.0 Å². The van der Waals surface area contributed by atoms with E-state index >= 15 is 0 Å². The molecule has 32 heavy (non-hydrogen) atoms. The summed E-state index contributed by atoms with van der Waals surface area (Å²) in [5.41, 5.74) is 23.2. The zero-order valence-corrected chi connectivity index (χ0v) is 17.7. The fraction of sp³-hybridized carbons (Fsp3) is 0. The first kappa shape index (κ1) is 19.7. The van der Waals surface area contributed by atoms with Crippen LogP contribution in [0.5, 0.6) is 0 Å². The lowest BCUT2D eigenvalue weighted by atomic mass is 9.84. The average Bonchev–Trinajstić information content (AvgIpc) is 2.85. The highest BCUT2D eigenvalue weighted by Gasteiger charge is 2.19. The van der Waals surface area contributed by atoms with Crippen LogP contribution in [0, 0.1) is 0 Å². The molecule has 0 amide bonds. The molecule has 0 aromatic heterocycles. The van der Waals surface area contributed by atoms with Crippen LogP contribution < -0.4 is 11.5 Å². The highest BCUT2D eigenvalue weighted by Crippen LogP contribution is 2.45. The van der Waals surface area contributed by atoms with Crippen molar-refractivity contribution in [3.63, 3.8) is 0 Å². The molecule has 0 radical (unpaired) electrons. The lowest BCUT2D eigenvalue weighted by molar-refractivity contribution is 1.54. The molecular weight excluding hydrogens is 388 g/mol. The van der Waals surface area contributed by atoms with Crippen LogP contribution >= 0.6 is 0 Å². The molecule has 0 atom stereocenters. The van der Waals surface area contributed by atoms with E-state index in [1.54, 1.807) is 0 Å². The van der Waals surface area contributed by atoms with Crippen LogP contribution in [0.3, 0.4) is 0 Å². The molecule has 2 nitrogen and oxygen atoms in total. The third kappa shape index (κ3) is 3.63. The maximum Gasteiger partial charge on any atom is 0.0400 e. The number of nitrogen functional groups attached to an aromatic ring is 2. The second kappa shape index (κ2) is 8.44. The lowest BCUT2D eigenvalue weighted by Crippen LogP contribution is -1.98. The van der Waals surface area contributed by atoms with Crippen molar-refractivity contribution in [2.45, 2.75) is 0 Å². The van der Waals surface area contributed by atoms with Gasteiger partial charge in [-0.1, -0.05) is 103 Å². The van der Waals surface area contributed by atoms with Gasteiger partial charge in [-0.3, -0.25) is 0 Å². The van der Waals surface area contributed by atoms with E-state index in [0.717, 1.165) is 55.9 Å². The van der Waals surface area contributed by atoms with E-state index in [1.807, 2.05) is 30.3 Å². The van der Waals surface area contributed by atoms with Crippen LogP contribution in [0.25, 0.3) is 44.5 Å². The normalized spacial score (nSPS) is 10.8. The molecule has 5 aromatic carbocycles. The Morgan fingerprint density at radius 2 is 0.875 bits per heavy atom. The fourth-order valence-electron chi connectivity index (χ4n) is 4.32. The maximum atomic E-state index is 6.59. The second-order valence-corrected chi connectivity index (χ2v) is 7.86. The monoisotopic (exact) mass is 412 g/mol. The second-order valence-electron chi connectivity index (χ2n) is 7.86. The molecule has 0 heterocycles. The zero-order valence-electron chi connectivity index (χ0n) is 17.7. The van der Waals surface area contributed by atoms with Crippen LogP contribution in [0.1, 0.15) is 0 Å². The third-order valence-electron chi connectivity index (χ3n) is 5.78. The van der Waals surface area contributed by atoms with Crippen molar-refractivity contribution in [1.82, 2.24) is 0 Å². The van der Waals surface area contributed by atoms with Crippen LogP contribution in [-0.2, 0) is 0 Å². The van der Waals surface area contributed by atoms with Gasteiger partial charge in [0, 0.05) is 16.9 Å². The topological polar surface area (TPSA) is 52.0 Å². The molecule has 0 aliphatic carbocycles. The summed E-state index contributed by atoms with van der Waals surface area (Å²) < 4.78 is 0. The molecule has 0 spiro atoms. The van der Waals surface area contributed by atoms with Gasteiger partial charge in [-0.05, 0) is 57.1 Å². The van der Waals surface area contributed by atoms with Crippen molar-refractivity contribution < 1.29 is 0 Å². The molecular formula is C30H24N2. The Kier molecular flexibility index (Phi) is 5.19. The van der Waals surface area contributed by atoms with E-state index in [0.29, 0.717) is 0 Å². The molecule has 5 aromatic rings. The number of hydrogen-bond donors (Lipinski definition) is 2. The minimum atomic E-state index is 0.743. The van der Waals surface area contributed by atoms with Gasteiger partial charge < -0.3 is 11.5 Å². The summed E-state index contributed by atoms with van der Waals surface area (Å²) in [4.78, 5) is 0. The van der Waals surface area contributed by atoms with Gasteiger partial charge in [0.1, 0.15) is 0 Å². The predicted octanol–water partition coefficient (Wildman–Crippen LogP) is 7.52. The van der Waals surface area contributed by atoms with Crippen molar-refractivity contribution >= 4 is 11.4 Å². The summed E-state index contributed by atoms with van der Waals surface area (Å²) in [7, 11) is 0. The Bertz CT molecular complexity index is 1360. The summed E-state index contributed by atoms with van der Waals surface area (Å²) in [6, 6.07) is 41.5. The summed E-state index contributed by atoms with van der Waals surface area (Å²) in [6.45, 7) is 0. The SMILES string of the molecule is Nc1ccc(-c2ccc(N)c(-c3ccccc3)c2-c2ccccc2)c(-c2ccccc2)c1. The van der Waals surface area contributed by atoms with E-state index in [9.17, 15) is 0 Å². The minimum absolute atomic E-state index is 0.743. The number of anilines is 2. The summed E-state index contributed by atoms with van der Waals surface area (Å²) in [6.07, 6.45) is 0. The molecule has 0 unspecified atom stereocenters. The van der Waals surface area contributed by atoms with Crippen molar-refractivity contribution in [3.05, 3.63) is 121 Å². The first-order chi connectivity index (χ1) is 15.7. The van der Waals surface area contributed by atoms with Gasteiger partial charge in [-0.15, -0.1) is 0 Å². The number of hydrogen-bond acceptors (Lipinski definition) is 2. The fourth-order valence-corrected chi connectivity index (χ4v) is 4.32. The molecule has 0 aliphatic rings. The quantitative estimate of drug-likeness (QED) is 0.300. The molecule has 4 N–H and O–H groups in total. The molecule has 0 aliphatic heterocycles. The Morgan fingerprint density at radius 1 is 0.375 bits per heavy atom. The third-order valence-corrected chi connectivity index (χ3v) is 5.78. The zero-order chi connectivity index (χ0) is 21.9. The summed E-state index contributed by atoms with van der Waals surface area (Å²) in [5.74, 6) is 0. The Balaban J connectivity index is 1.86. The van der Waals surface area contributed by atoms with Crippen molar-refractivity contribution in [2.24, 2.45) is 0 Å². The standard InChI is InChI=1S/C30H24N2/c31-24-16-17-25(27(20-24)21-10-4-1-5-11-21)26-18-19-28(32)30(23-14-8-3-9-15-23)29(26)22-12-6-2-7-13-22/h1-20H,31-32H2. The number of rotatable bonds is 4. The maximum absolute atomic E-state index is 6.59.